The molecule has 0 saturated heterocycles. The van der Waals surface area contributed by atoms with Crippen LogP contribution in [0.4, 0.5) is 0 Å². The fourth-order valence-corrected chi connectivity index (χ4v) is 0. The maximum Gasteiger partial charge on any atom is 1.00 e. The summed E-state index contributed by atoms with van der Waals surface area (Å²) in [6.07, 6.45) is 0. The van der Waals surface area contributed by atoms with Crippen LogP contribution in [0.25, 0.3) is 0 Å². The smallest absolute Gasteiger partial charge is 1.00 e. The van der Waals surface area contributed by atoms with Gasteiger partial charge in [0.15, 0.2) is 0 Å². The van der Waals surface area contributed by atoms with Crippen LogP contribution in [-0.2, 0) is 8.98 Å². The van der Waals surface area contributed by atoms with Crippen LogP contribution >= 0.6 is 12.9 Å². The third-order valence-electron chi connectivity index (χ3n) is 0.129. The second-order valence-corrected chi connectivity index (χ2v) is 0.765. The van der Waals surface area contributed by atoms with Crippen molar-refractivity contribution in [3.63, 3.8) is 0 Å². The fourth-order valence-electron chi connectivity index (χ4n) is 0. The first-order valence-corrected chi connectivity index (χ1v) is 1.46. The molecule has 0 aliphatic rings. The molecule has 0 atom stereocenters. The minimum absolute atomic E-state index is 0. The van der Waals surface area contributed by atoms with E-state index in [9.17, 15) is 4.79 Å². The van der Waals surface area contributed by atoms with Crippen molar-refractivity contribution in [2.24, 2.45) is 0 Å². The molecule has 0 bridgehead atoms. The van der Waals surface area contributed by atoms with Gasteiger partial charge < -0.3 is 5.61 Å². The van der Waals surface area contributed by atoms with E-state index in [2.05, 4.69) is 17.1 Å². The molecular formula is C2H5LaNaO2S. The fraction of sp³-hybridized carbons (Fsp3) is 0.500. The van der Waals surface area contributed by atoms with E-state index in [1.165, 1.54) is 6.92 Å². The van der Waals surface area contributed by atoms with Crippen LogP contribution in [0.5, 0.6) is 0 Å². The maximum atomic E-state index is 9.51. The van der Waals surface area contributed by atoms with E-state index in [0.29, 0.717) is 0 Å². The monoisotopic (exact) mass is 255 g/mol. The molecule has 0 amide bonds. The molecule has 7 heavy (non-hydrogen) atoms. The summed E-state index contributed by atoms with van der Waals surface area (Å²) in [6.45, 7) is 1.28. The van der Waals surface area contributed by atoms with Crippen LogP contribution in [0.2, 0.25) is 0 Å². The number of hydrogen-bond donors (Lipinski definition) is 1. The van der Waals surface area contributed by atoms with Crippen LogP contribution < -0.4 is 29.6 Å². The molecule has 0 heterocycles. The van der Waals surface area contributed by atoms with Crippen molar-refractivity contribution in [2.45, 2.75) is 6.92 Å². The Labute approximate surface area is 99.7 Å². The van der Waals surface area contributed by atoms with Gasteiger partial charge in [-0.15, -0.1) is 0 Å². The third kappa shape index (κ3) is 18.0. The van der Waals surface area contributed by atoms with Gasteiger partial charge in [0.05, 0.1) is 0 Å². The predicted octanol–water partition coefficient (Wildman–Crippen LogP) is -2.49. The number of rotatable bonds is 0. The first-order chi connectivity index (χ1) is 2.27. The second kappa shape index (κ2) is 10.9. The Morgan fingerprint density at radius 3 is 2.00 bits per heavy atom. The maximum absolute atomic E-state index is 9.51. The van der Waals surface area contributed by atoms with Crippen molar-refractivity contribution >= 4 is 18.9 Å². The summed E-state index contributed by atoms with van der Waals surface area (Å²) in [5.41, 5.74) is 0. The molecule has 0 unspecified atom stereocenters. The molecule has 0 fully saturated rings. The molecule has 0 aromatic rings. The van der Waals surface area contributed by atoms with Gasteiger partial charge in [-0.05, 0) is 0 Å². The van der Waals surface area contributed by atoms with Crippen molar-refractivity contribution in [2.75, 3.05) is 0 Å². The van der Waals surface area contributed by atoms with Crippen LogP contribution in [0.15, 0.2) is 0 Å². The van der Waals surface area contributed by atoms with Gasteiger partial charge in [0.1, 0.15) is 0 Å². The van der Waals surface area contributed by atoms with Crippen molar-refractivity contribution in [1.82, 2.24) is 0 Å². The molecule has 0 saturated carbocycles. The first-order valence-electron chi connectivity index (χ1n) is 1.09. The molecule has 0 aliphatic carbocycles. The summed E-state index contributed by atoms with van der Waals surface area (Å²) in [5, 5.41) is 0. The molecule has 0 aliphatic heterocycles. The minimum Gasteiger partial charge on any atom is -1.00 e. The molecule has 2 nitrogen and oxygen atoms in total. The Balaban J connectivity index is -0.0000000267. The average molecular weight is 255 g/mol. The topological polar surface area (TPSA) is 26.3 Å². The summed E-state index contributed by atoms with van der Waals surface area (Å²) in [7, 11) is 0. The Morgan fingerprint density at radius 2 is 2.00 bits per heavy atom. The van der Waals surface area contributed by atoms with Gasteiger partial charge in [-0.25, -0.2) is 0 Å². The number of hydrogen-bond acceptors (Lipinski definition) is 3. The second-order valence-electron chi connectivity index (χ2n) is 0.583. The zero-order valence-corrected chi connectivity index (χ0v) is 10.9. The largest absolute Gasteiger partial charge is 1.00 e. The van der Waals surface area contributed by atoms with Crippen LogP contribution in [-0.4, -0.2) is 5.97 Å². The Morgan fingerprint density at radius 1 is 1.86 bits per heavy atom. The molecule has 35 valence electrons. The summed E-state index contributed by atoms with van der Waals surface area (Å²) in [6, 6.07) is 0. The van der Waals surface area contributed by atoms with E-state index in [1.807, 2.05) is 0 Å². The van der Waals surface area contributed by atoms with E-state index in [-0.39, 0.29) is 72.6 Å². The standard InChI is InChI=1S/C2H4O2S.La.Na.H/c1-2(3)4-5;;;/h5H,1H3;;;/q;;+1;-1. The molecule has 0 aromatic carbocycles. The van der Waals surface area contributed by atoms with Gasteiger partial charge in [0.25, 0.3) is 0 Å². The molecule has 1 radical (unpaired) electrons. The Kier molecular flexibility index (Phi) is 24.9. The van der Waals surface area contributed by atoms with Crippen LogP contribution in [0, 0.1) is 35.6 Å². The van der Waals surface area contributed by atoms with Gasteiger partial charge in [0, 0.05) is 55.4 Å². The molecule has 0 rings (SSSR count). The van der Waals surface area contributed by atoms with E-state index in [0.717, 1.165) is 0 Å². The average Bonchev–Trinajstić information content (AvgIpc) is 1.38. The van der Waals surface area contributed by atoms with Gasteiger partial charge >= 0.3 is 35.5 Å². The SMILES string of the molecule is CC(=O)OS.[H-].[La].[Na+]. The molecule has 0 N–H and O–H groups in total. The number of carbonyl (C=O) groups is 1. The van der Waals surface area contributed by atoms with Crippen molar-refractivity contribution < 1.29 is 75.6 Å². The minimum atomic E-state index is -0.381. The van der Waals surface area contributed by atoms with Gasteiger partial charge in [-0.1, -0.05) is 0 Å². The number of thiol groups is 1. The summed E-state index contributed by atoms with van der Waals surface area (Å²) in [5.74, 6) is -0.381. The van der Waals surface area contributed by atoms with E-state index in [4.69, 9.17) is 0 Å². The summed E-state index contributed by atoms with van der Waals surface area (Å²) < 4.78 is 3.81. The van der Waals surface area contributed by atoms with Gasteiger partial charge in [-0.3, -0.25) is 4.79 Å². The zero-order valence-electron chi connectivity index (χ0n) is 5.34. The first kappa shape index (κ1) is 16.0. The summed E-state index contributed by atoms with van der Waals surface area (Å²) in [4.78, 5) is 9.51. The van der Waals surface area contributed by atoms with E-state index >= 15 is 0 Å². The normalized spacial score (nSPS) is 4.86. The van der Waals surface area contributed by atoms with Crippen LogP contribution in [0.1, 0.15) is 8.35 Å². The summed E-state index contributed by atoms with van der Waals surface area (Å²) >= 11 is 3.17. The van der Waals surface area contributed by atoms with Crippen molar-refractivity contribution in [1.29, 1.82) is 0 Å². The van der Waals surface area contributed by atoms with E-state index in [1.54, 1.807) is 0 Å². The Bertz CT molecular complexity index is 55.3. The number of carbonyl (C=O) groups excluding carboxylic acids is 1. The Hall–Kier alpha value is 2.01. The zero-order chi connectivity index (χ0) is 4.28. The van der Waals surface area contributed by atoms with E-state index < -0.39 is 0 Å². The third-order valence-corrected chi connectivity index (χ3v) is 0.386. The predicted molar refractivity (Wildman–Crippen MR) is 21.9 cm³/mol. The van der Waals surface area contributed by atoms with Gasteiger partial charge in [0.2, 0.25) is 0 Å². The molecular weight excluding hydrogens is 250 g/mol. The molecule has 0 aromatic heterocycles. The van der Waals surface area contributed by atoms with Crippen LogP contribution in [0.3, 0.4) is 0 Å². The quantitative estimate of drug-likeness (QED) is 0.294. The molecule has 5 heteroatoms. The van der Waals surface area contributed by atoms with Crippen molar-refractivity contribution in [3.8, 4) is 0 Å². The van der Waals surface area contributed by atoms with Gasteiger partial charge in [-0.2, -0.15) is 0 Å². The molecule has 0 spiro atoms. The van der Waals surface area contributed by atoms with Crippen molar-refractivity contribution in [3.05, 3.63) is 0 Å².